The third kappa shape index (κ3) is 1.85. The molecule has 0 saturated heterocycles. The number of nitrogens with two attached hydrogens (primary N) is 1. The highest BCUT2D eigenvalue weighted by molar-refractivity contribution is 5.36. The quantitative estimate of drug-likeness (QED) is 0.780. The van der Waals surface area contributed by atoms with Crippen LogP contribution in [0, 0.1) is 0 Å². The van der Waals surface area contributed by atoms with Crippen LogP contribution in [0.3, 0.4) is 0 Å². The maximum atomic E-state index is 5.68. The van der Waals surface area contributed by atoms with E-state index in [-0.39, 0.29) is 0 Å². The molecular weight excluding hydrogens is 178 g/mol. The Kier molecular flexibility index (Phi) is 3.83. The number of rotatable bonds is 4. The molecule has 0 saturated carbocycles. The monoisotopic (exact) mass is 195 g/mol. The van der Waals surface area contributed by atoms with Crippen LogP contribution in [0.25, 0.3) is 0 Å². The van der Waals surface area contributed by atoms with E-state index in [1.54, 1.807) is 7.11 Å². The molecule has 0 atom stereocenters. The lowest BCUT2D eigenvalue weighted by atomic mass is 10.0. The molecule has 4 nitrogen and oxygen atoms in total. The number of aromatic nitrogens is 2. The molecule has 0 aliphatic carbocycles. The molecule has 0 aromatic carbocycles. The molecule has 1 heterocycles. The van der Waals surface area contributed by atoms with E-state index in [9.17, 15) is 0 Å². The third-order valence-electron chi connectivity index (χ3n) is 2.32. The summed E-state index contributed by atoms with van der Waals surface area (Å²) in [5.74, 6) is 0.557. The first kappa shape index (κ1) is 10.9. The second-order valence-electron chi connectivity index (χ2n) is 3.02. The van der Waals surface area contributed by atoms with Crippen LogP contribution in [0.4, 0.5) is 0 Å². The predicted molar refractivity (Wildman–Crippen MR) is 55.2 cm³/mol. The van der Waals surface area contributed by atoms with E-state index in [2.05, 4.69) is 24.0 Å². The van der Waals surface area contributed by atoms with Crippen LogP contribution in [0.2, 0.25) is 0 Å². The van der Waals surface area contributed by atoms with Gasteiger partial charge >= 0.3 is 0 Å². The van der Waals surface area contributed by atoms with Crippen LogP contribution in [-0.4, -0.2) is 17.3 Å². The summed E-state index contributed by atoms with van der Waals surface area (Å²) in [5.41, 5.74) is 8.87. The molecule has 0 unspecified atom stereocenters. The zero-order valence-electron chi connectivity index (χ0n) is 9.00. The second kappa shape index (κ2) is 4.91. The van der Waals surface area contributed by atoms with Gasteiger partial charge < -0.3 is 10.5 Å². The zero-order valence-corrected chi connectivity index (χ0v) is 9.00. The van der Waals surface area contributed by atoms with E-state index in [1.165, 1.54) is 5.56 Å². The first-order valence-electron chi connectivity index (χ1n) is 4.89. The van der Waals surface area contributed by atoms with E-state index in [0.717, 1.165) is 24.1 Å². The minimum absolute atomic E-state index is 0.453. The van der Waals surface area contributed by atoms with Gasteiger partial charge in [0.25, 0.3) is 0 Å². The van der Waals surface area contributed by atoms with Gasteiger partial charge in [0.1, 0.15) is 0 Å². The maximum Gasteiger partial charge on any atom is 0.237 e. The third-order valence-corrected chi connectivity index (χ3v) is 2.32. The molecule has 4 heteroatoms. The first-order valence-corrected chi connectivity index (χ1v) is 4.89. The van der Waals surface area contributed by atoms with E-state index in [0.29, 0.717) is 12.4 Å². The fourth-order valence-corrected chi connectivity index (χ4v) is 1.61. The molecule has 0 spiro atoms. The summed E-state index contributed by atoms with van der Waals surface area (Å²) in [4.78, 5) is 0. The Morgan fingerprint density at radius 3 is 2.29 bits per heavy atom. The average Bonchev–Trinajstić information content (AvgIpc) is 2.26. The van der Waals surface area contributed by atoms with Crippen molar-refractivity contribution in [3.05, 3.63) is 16.8 Å². The van der Waals surface area contributed by atoms with Crippen LogP contribution in [0.5, 0.6) is 5.88 Å². The Bertz CT molecular complexity index is 281. The van der Waals surface area contributed by atoms with Gasteiger partial charge in [-0.2, -0.15) is 5.10 Å². The highest BCUT2D eigenvalue weighted by Crippen LogP contribution is 2.21. The summed E-state index contributed by atoms with van der Waals surface area (Å²) >= 11 is 0. The Morgan fingerprint density at radius 1 is 1.14 bits per heavy atom. The van der Waals surface area contributed by atoms with Crippen LogP contribution >= 0.6 is 0 Å². The molecule has 1 rings (SSSR count). The number of hydrogen-bond donors (Lipinski definition) is 1. The Hall–Kier alpha value is -1.16. The summed E-state index contributed by atoms with van der Waals surface area (Å²) in [6.07, 6.45) is 1.80. The Labute approximate surface area is 84.5 Å². The van der Waals surface area contributed by atoms with Gasteiger partial charge in [-0.25, -0.2) is 0 Å². The van der Waals surface area contributed by atoms with Gasteiger partial charge in [-0.3, -0.25) is 0 Å². The highest BCUT2D eigenvalue weighted by atomic mass is 16.5. The number of hydrogen-bond acceptors (Lipinski definition) is 4. The Balaban J connectivity index is 3.28. The maximum absolute atomic E-state index is 5.68. The van der Waals surface area contributed by atoms with E-state index in [1.807, 2.05) is 0 Å². The van der Waals surface area contributed by atoms with Crippen LogP contribution in [-0.2, 0) is 19.4 Å². The van der Waals surface area contributed by atoms with Crippen LogP contribution in [0.1, 0.15) is 30.7 Å². The van der Waals surface area contributed by atoms with Crippen molar-refractivity contribution in [1.29, 1.82) is 0 Å². The predicted octanol–water partition coefficient (Wildman–Crippen LogP) is 1.07. The smallest absolute Gasteiger partial charge is 0.237 e. The zero-order chi connectivity index (χ0) is 10.6. The molecule has 0 fully saturated rings. The average molecular weight is 195 g/mol. The first-order chi connectivity index (χ1) is 6.78. The SMILES string of the molecule is CCc1nnc(OC)c(CN)c1CC. The number of aryl methyl sites for hydroxylation is 1. The lowest BCUT2D eigenvalue weighted by Gasteiger charge is -2.12. The molecule has 0 amide bonds. The fourth-order valence-electron chi connectivity index (χ4n) is 1.61. The summed E-state index contributed by atoms with van der Waals surface area (Å²) < 4.78 is 5.12. The van der Waals surface area contributed by atoms with Crippen molar-refractivity contribution in [2.24, 2.45) is 5.73 Å². The van der Waals surface area contributed by atoms with Crippen molar-refractivity contribution in [3.63, 3.8) is 0 Å². The molecule has 0 aliphatic rings. The molecular formula is C10H17N3O. The van der Waals surface area contributed by atoms with Crippen molar-refractivity contribution in [3.8, 4) is 5.88 Å². The van der Waals surface area contributed by atoms with E-state index >= 15 is 0 Å². The van der Waals surface area contributed by atoms with Gasteiger partial charge in [0, 0.05) is 12.1 Å². The van der Waals surface area contributed by atoms with Gasteiger partial charge in [0.05, 0.1) is 12.8 Å². The summed E-state index contributed by atoms with van der Waals surface area (Å²) in [6, 6.07) is 0. The molecule has 14 heavy (non-hydrogen) atoms. The lowest BCUT2D eigenvalue weighted by molar-refractivity contribution is 0.384. The van der Waals surface area contributed by atoms with E-state index < -0.39 is 0 Å². The minimum atomic E-state index is 0.453. The molecule has 78 valence electrons. The standard InChI is InChI=1S/C10H17N3O/c1-4-7-8(6-11)10(14-3)13-12-9(7)5-2/h4-6,11H2,1-3H3. The molecule has 0 bridgehead atoms. The lowest BCUT2D eigenvalue weighted by Crippen LogP contribution is -2.10. The summed E-state index contributed by atoms with van der Waals surface area (Å²) in [6.45, 7) is 4.61. The van der Waals surface area contributed by atoms with Crippen molar-refractivity contribution in [1.82, 2.24) is 10.2 Å². The number of nitrogens with zero attached hydrogens (tertiary/aromatic N) is 2. The van der Waals surface area contributed by atoms with Crippen molar-refractivity contribution < 1.29 is 4.74 Å². The van der Waals surface area contributed by atoms with Crippen molar-refractivity contribution in [2.75, 3.05) is 7.11 Å². The van der Waals surface area contributed by atoms with Crippen molar-refractivity contribution >= 4 is 0 Å². The van der Waals surface area contributed by atoms with Crippen LogP contribution < -0.4 is 10.5 Å². The highest BCUT2D eigenvalue weighted by Gasteiger charge is 2.12. The molecule has 2 N–H and O–H groups in total. The largest absolute Gasteiger partial charge is 0.480 e. The number of methoxy groups -OCH3 is 1. The topological polar surface area (TPSA) is 61.0 Å². The summed E-state index contributed by atoms with van der Waals surface area (Å²) in [7, 11) is 1.59. The second-order valence-corrected chi connectivity index (χ2v) is 3.02. The van der Waals surface area contributed by atoms with Gasteiger partial charge in [-0.1, -0.05) is 13.8 Å². The van der Waals surface area contributed by atoms with Gasteiger partial charge in [-0.05, 0) is 18.4 Å². The Morgan fingerprint density at radius 2 is 1.86 bits per heavy atom. The minimum Gasteiger partial charge on any atom is -0.480 e. The normalized spacial score (nSPS) is 10.3. The summed E-state index contributed by atoms with van der Waals surface area (Å²) in [5, 5.41) is 8.11. The fraction of sp³-hybridized carbons (Fsp3) is 0.600. The van der Waals surface area contributed by atoms with Gasteiger partial charge in [0.2, 0.25) is 5.88 Å². The molecule has 0 radical (unpaired) electrons. The molecule has 1 aromatic rings. The molecule has 1 aromatic heterocycles. The van der Waals surface area contributed by atoms with E-state index in [4.69, 9.17) is 10.5 Å². The van der Waals surface area contributed by atoms with Crippen LogP contribution in [0.15, 0.2) is 0 Å². The van der Waals surface area contributed by atoms with Gasteiger partial charge in [0.15, 0.2) is 0 Å². The van der Waals surface area contributed by atoms with Crippen molar-refractivity contribution in [2.45, 2.75) is 33.2 Å². The number of ether oxygens (including phenoxy) is 1. The molecule has 0 aliphatic heterocycles. The van der Waals surface area contributed by atoms with Gasteiger partial charge in [-0.15, -0.1) is 5.10 Å².